The van der Waals surface area contributed by atoms with E-state index in [1.54, 1.807) is 24.2 Å². The van der Waals surface area contributed by atoms with E-state index in [0.717, 1.165) is 24.4 Å². The zero-order valence-corrected chi connectivity index (χ0v) is 13.5. The Morgan fingerprint density at radius 2 is 2.14 bits per heavy atom. The van der Waals surface area contributed by atoms with Crippen molar-refractivity contribution in [3.05, 3.63) is 18.0 Å². The Hall–Kier alpha value is -1.38. The van der Waals surface area contributed by atoms with E-state index in [1.165, 1.54) is 0 Å². The first-order valence-electron chi connectivity index (χ1n) is 7.29. The first kappa shape index (κ1) is 17.0. The molecule has 0 aromatic carbocycles. The lowest BCUT2D eigenvalue weighted by atomic mass is 10.2. The van der Waals surface area contributed by atoms with Crippen molar-refractivity contribution >= 4 is 23.7 Å². The normalized spacial score (nSPS) is 16.5. The van der Waals surface area contributed by atoms with Crippen LogP contribution in [0.1, 0.15) is 12.0 Å². The monoisotopic (exact) mass is 326 g/mol. The highest BCUT2D eigenvalue weighted by atomic mass is 32.2. The molecule has 2 rings (SSSR count). The highest BCUT2D eigenvalue weighted by Gasteiger charge is 2.17. The summed E-state index contributed by atoms with van der Waals surface area (Å²) in [6, 6.07) is -0.536. The number of aromatic nitrogens is 2. The van der Waals surface area contributed by atoms with Crippen molar-refractivity contribution in [3.63, 3.8) is 0 Å². The van der Waals surface area contributed by atoms with Crippen molar-refractivity contribution in [1.82, 2.24) is 15.3 Å². The number of thioether (sulfide) groups is 1. The second-order valence-corrected chi connectivity index (χ2v) is 6.03. The van der Waals surface area contributed by atoms with Gasteiger partial charge in [-0.15, -0.1) is 0 Å². The number of ether oxygens (including phenoxy) is 1. The quantitative estimate of drug-likeness (QED) is 0.718. The Kier molecular flexibility index (Phi) is 6.88. The van der Waals surface area contributed by atoms with Gasteiger partial charge in [-0.25, -0.2) is 9.97 Å². The molecule has 1 aromatic rings. The molecule has 2 N–H and O–H groups in total. The number of morpholine rings is 1. The fourth-order valence-electron chi connectivity index (χ4n) is 2.16. The lowest BCUT2D eigenvalue weighted by Crippen LogP contribution is -2.38. The van der Waals surface area contributed by atoms with Gasteiger partial charge in [0.05, 0.1) is 13.2 Å². The second-order valence-electron chi connectivity index (χ2n) is 5.04. The molecule has 1 aliphatic heterocycles. The maximum atomic E-state index is 11.2. The van der Waals surface area contributed by atoms with Crippen LogP contribution in [0, 0.1) is 0 Å². The van der Waals surface area contributed by atoms with Gasteiger partial charge in [-0.1, -0.05) is 0 Å². The molecule has 1 aliphatic rings. The van der Waals surface area contributed by atoms with Gasteiger partial charge in [-0.3, -0.25) is 4.79 Å². The average molecular weight is 326 g/mol. The molecule has 0 amide bonds. The minimum atomic E-state index is -0.820. The summed E-state index contributed by atoms with van der Waals surface area (Å²) in [5.74, 6) is 0.695. The summed E-state index contributed by atoms with van der Waals surface area (Å²) in [6.45, 7) is 3.44. The Morgan fingerprint density at radius 1 is 1.45 bits per heavy atom. The number of aliphatic carboxylic acids is 1. The molecular weight excluding hydrogens is 304 g/mol. The first-order valence-corrected chi connectivity index (χ1v) is 8.69. The van der Waals surface area contributed by atoms with Crippen LogP contribution in [-0.4, -0.2) is 65.4 Å². The van der Waals surface area contributed by atoms with Gasteiger partial charge < -0.3 is 20.1 Å². The number of nitrogens with one attached hydrogen (secondary N) is 1. The summed E-state index contributed by atoms with van der Waals surface area (Å²) in [5, 5.41) is 12.2. The number of nitrogens with zero attached hydrogens (tertiary/aromatic N) is 3. The summed E-state index contributed by atoms with van der Waals surface area (Å²) in [7, 11) is 0. The number of carboxylic acids is 1. The van der Waals surface area contributed by atoms with Crippen molar-refractivity contribution < 1.29 is 14.6 Å². The molecule has 2 heterocycles. The molecule has 1 atom stereocenters. The number of rotatable bonds is 8. The van der Waals surface area contributed by atoms with Gasteiger partial charge >= 0.3 is 5.97 Å². The SMILES string of the molecule is CSCCC(NCc1cnc(N2CCOCC2)nc1)C(=O)O. The molecule has 1 fully saturated rings. The molecule has 8 heteroatoms. The molecule has 7 nitrogen and oxygen atoms in total. The fraction of sp³-hybridized carbons (Fsp3) is 0.643. The van der Waals surface area contributed by atoms with Gasteiger partial charge in [0.1, 0.15) is 6.04 Å². The largest absolute Gasteiger partial charge is 0.480 e. The van der Waals surface area contributed by atoms with E-state index in [1.807, 2.05) is 6.26 Å². The minimum Gasteiger partial charge on any atom is -0.480 e. The third kappa shape index (κ3) is 5.11. The maximum absolute atomic E-state index is 11.2. The van der Waals surface area contributed by atoms with Crippen LogP contribution in [0.5, 0.6) is 0 Å². The van der Waals surface area contributed by atoms with Gasteiger partial charge in [0.15, 0.2) is 0 Å². The van der Waals surface area contributed by atoms with Crippen LogP contribution >= 0.6 is 11.8 Å². The first-order chi connectivity index (χ1) is 10.7. The highest BCUT2D eigenvalue weighted by Crippen LogP contribution is 2.09. The molecule has 122 valence electrons. The Bertz CT molecular complexity index is 466. The van der Waals surface area contributed by atoms with E-state index in [0.29, 0.717) is 32.1 Å². The van der Waals surface area contributed by atoms with Crippen molar-refractivity contribution in [2.45, 2.75) is 19.0 Å². The van der Waals surface area contributed by atoms with Crippen molar-refractivity contribution in [1.29, 1.82) is 0 Å². The molecule has 1 unspecified atom stereocenters. The third-order valence-corrected chi connectivity index (χ3v) is 4.09. The highest BCUT2D eigenvalue weighted by molar-refractivity contribution is 7.98. The van der Waals surface area contributed by atoms with Crippen LogP contribution in [0.2, 0.25) is 0 Å². The van der Waals surface area contributed by atoms with E-state index in [2.05, 4.69) is 20.2 Å². The van der Waals surface area contributed by atoms with E-state index in [-0.39, 0.29) is 0 Å². The number of anilines is 1. The van der Waals surface area contributed by atoms with Gasteiger partial charge in [-0.2, -0.15) is 11.8 Å². The summed E-state index contributed by atoms with van der Waals surface area (Å²) in [6.07, 6.45) is 6.07. The van der Waals surface area contributed by atoms with Crippen LogP contribution in [0.3, 0.4) is 0 Å². The maximum Gasteiger partial charge on any atom is 0.320 e. The summed E-state index contributed by atoms with van der Waals surface area (Å²) >= 11 is 1.64. The van der Waals surface area contributed by atoms with Crippen molar-refractivity contribution in [3.8, 4) is 0 Å². The van der Waals surface area contributed by atoms with E-state index < -0.39 is 12.0 Å². The lowest BCUT2D eigenvalue weighted by molar-refractivity contribution is -0.139. The molecule has 1 saturated heterocycles. The number of hydrogen-bond donors (Lipinski definition) is 2. The predicted molar refractivity (Wildman–Crippen MR) is 86.3 cm³/mol. The van der Waals surface area contributed by atoms with E-state index >= 15 is 0 Å². The molecule has 22 heavy (non-hydrogen) atoms. The number of carboxylic acid groups (broad SMARTS) is 1. The summed E-state index contributed by atoms with van der Waals surface area (Å²) < 4.78 is 5.30. The summed E-state index contributed by atoms with van der Waals surface area (Å²) in [4.78, 5) is 22.0. The smallest absolute Gasteiger partial charge is 0.320 e. The molecule has 0 radical (unpaired) electrons. The molecule has 0 aliphatic carbocycles. The van der Waals surface area contributed by atoms with Crippen LogP contribution in [0.4, 0.5) is 5.95 Å². The average Bonchev–Trinajstić information content (AvgIpc) is 2.56. The van der Waals surface area contributed by atoms with E-state index in [9.17, 15) is 9.90 Å². The fourth-order valence-corrected chi connectivity index (χ4v) is 2.63. The minimum absolute atomic E-state index is 0.453. The number of carbonyl (C=O) groups is 1. The second kappa shape index (κ2) is 8.92. The lowest BCUT2D eigenvalue weighted by Gasteiger charge is -2.26. The van der Waals surface area contributed by atoms with Crippen molar-refractivity contribution in [2.75, 3.05) is 43.2 Å². The van der Waals surface area contributed by atoms with Gasteiger partial charge in [-0.05, 0) is 18.4 Å². The van der Waals surface area contributed by atoms with Crippen LogP contribution < -0.4 is 10.2 Å². The van der Waals surface area contributed by atoms with Gasteiger partial charge in [0.25, 0.3) is 0 Å². The Morgan fingerprint density at radius 3 is 2.73 bits per heavy atom. The Labute approximate surface area is 134 Å². The molecule has 0 spiro atoms. The molecule has 1 aromatic heterocycles. The Balaban J connectivity index is 1.86. The third-order valence-electron chi connectivity index (χ3n) is 3.45. The molecule has 0 bridgehead atoms. The van der Waals surface area contributed by atoms with E-state index in [4.69, 9.17) is 4.74 Å². The standard InChI is InChI=1S/C14H22N4O3S/c1-22-7-2-12(13(19)20)15-8-11-9-16-14(17-10-11)18-3-5-21-6-4-18/h9-10,12,15H,2-8H2,1H3,(H,19,20). The number of hydrogen-bond acceptors (Lipinski definition) is 7. The summed E-state index contributed by atoms with van der Waals surface area (Å²) in [5.41, 5.74) is 0.882. The predicted octanol–water partition coefficient (Wildman–Crippen LogP) is 0.609. The van der Waals surface area contributed by atoms with Gasteiger partial charge in [0.2, 0.25) is 5.95 Å². The van der Waals surface area contributed by atoms with Crippen LogP contribution in [0.15, 0.2) is 12.4 Å². The molecule has 0 saturated carbocycles. The van der Waals surface area contributed by atoms with Crippen molar-refractivity contribution in [2.24, 2.45) is 0 Å². The topological polar surface area (TPSA) is 87.6 Å². The zero-order valence-electron chi connectivity index (χ0n) is 12.7. The van der Waals surface area contributed by atoms with Crippen LogP contribution in [0.25, 0.3) is 0 Å². The van der Waals surface area contributed by atoms with Crippen LogP contribution in [-0.2, 0) is 16.1 Å². The molecular formula is C14H22N4O3S. The van der Waals surface area contributed by atoms with Gasteiger partial charge in [0, 0.05) is 37.6 Å². The zero-order chi connectivity index (χ0) is 15.8.